The Morgan fingerprint density at radius 1 is 1.34 bits per heavy atom. The van der Waals surface area contributed by atoms with Gasteiger partial charge in [-0.2, -0.15) is 0 Å². The fourth-order valence-electron chi connectivity index (χ4n) is 4.35. The number of aromatic nitrogens is 2. The van der Waals surface area contributed by atoms with Gasteiger partial charge in [0.1, 0.15) is 6.17 Å². The molecule has 0 spiro atoms. The van der Waals surface area contributed by atoms with Gasteiger partial charge in [0.15, 0.2) is 5.78 Å². The number of nitrogens with one attached hydrogen (secondary N) is 1. The number of alkyl halides is 1. The molecule has 0 bridgehead atoms. The van der Waals surface area contributed by atoms with Crippen LogP contribution in [0, 0.1) is 25.7 Å². The Bertz CT molecular complexity index is 900. The first-order valence-corrected chi connectivity index (χ1v) is 10.3. The molecule has 0 saturated heterocycles. The molecule has 0 unspecified atom stereocenters. The summed E-state index contributed by atoms with van der Waals surface area (Å²) in [4.78, 5) is 17.5. The fraction of sp³-hybridized carbons (Fsp3) is 0.565. The molecular formula is C23H32FN3O2. The topological polar surface area (TPSA) is 67.2 Å². The molecule has 3 rings (SSSR count). The van der Waals surface area contributed by atoms with Crippen molar-refractivity contribution in [2.24, 2.45) is 11.8 Å². The number of nitrogens with zero attached hydrogens (tertiary/aromatic N) is 2. The Balaban J connectivity index is 1.93. The first-order valence-electron chi connectivity index (χ1n) is 10.3. The number of rotatable bonds is 5. The minimum Gasteiger partial charge on any atom is -0.396 e. The molecule has 2 N–H and O–H groups in total. The number of carbonyl (C=O) groups excluding carboxylic acids is 1. The second-order valence-electron chi connectivity index (χ2n) is 9.28. The Morgan fingerprint density at radius 3 is 2.59 bits per heavy atom. The molecular weight excluding hydrogens is 369 g/mol. The number of aliphatic hydroxyl groups is 1. The van der Waals surface area contributed by atoms with Gasteiger partial charge in [-0.3, -0.25) is 9.78 Å². The summed E-state index contributed by atoms with van der Waals surface area (Å²) in [5, 5.41) is 12.7. The molecule has 29 heavy (non-hydrogen) atoms. The summed E-state index contributed by atoms with van der Waals surface area (Å²) >= 11 is 0. The molecule has 2 aromatic heterocycles. The van der Waals surface area contributed by atoms with Crippen molar-refractivity contribution in [2.75, 3.05) is 11.9 Å². The normalized spacial score (nSPS) is 24.7. The molecule has 158 valence electrons. The van der Waals surface area contributed by atoms with Crippen LogP contribution in [0.1, 0.15) is 61.3 Å². The molecule has 0 aliphatic heterocycles. The van der Waals surface area contributed by atoms with E-state index in [0.717, 1.165) is 11.3 Å². The maximum atomic E-state index is 14.7. The van der Waals surface area contributed by atoms with Crippen LogP contribution >= 0.6 is 0 Å². The molecule has 0 radical (unpaired) electrons. The van der Waals surface area contributed by atoms with E-state index in [1.54, 1.807) is 18.5 Å². The van der Waals surface area contributed by atoms with Crippen LogP contribution in [0.2, 0.25) is 0 Å². The molecule has 4 atom stereocenters. The zero-order valence-electron chi connectivity index (χ0n) is 18.2. The predicted octanol–water partition coefficient (Wildman–Crippen LogP) is 4.25. The van der Waals surface area contributed by atoms with Crippen molar-refractivity contribution in [3.05, 3.63) is 47.0 Å². The van der Waals surface area contributed by atoms with Crippen molar-refractivity contribution in [1.29, 1.82) is 0 Å². The number of anilines is 1. The number of carbonyl (C=O) groups is 1. The molecule has 0 amide bonds. The summed E-state index contributed by atoms with van der Waals surface area (Å²) in [6.07, 6.45) is 4.51. The summed E-state index contributed by atoms with van der Waals surface area (Å²) in [7, 11) is 0. The van der Waals surface area contributed by atoms with Crippen molar-refractivity contribution in [2.45, 2.75) is 65.7 Å². The van der Waals surface area contributed by atoms with Crippen LogP contribution in [-0.4, -0.2) is 39.3 Å². The van der Waals surface area contributed by atoms with Crippen molar-refractivity contribution in [3.63, 3.8) is 0 Å². The first kappa shape index (κ1) is 21.5. The number of halogens is 1. The van der Waals surface area contributed by atoms with Crippen molar-refractivity contribution < 1.29 is 14.3 Å². The van der Waals surface area contributed by atoms with Crippen LogP contribution < -0.4 is 5.32 Å². The summed E-state index contributed by atoms with van der Waals surface area (Å²) in [6, 6.07) is 1.29. The Hall–Kier alpha value is -2.21. The van der Waals surface area contributed by atoms with E-state index in [1.165, 1.54) is 0 Å². The lowest BCUT2D eigenvalue weighted by molar-refractivity contribution is 0.103. The van der Waals surface area contributed by atoms with Gasteiger partial charge >= 0.3 is 0 Å². The molecule has 1 saturated carbocycles. The van der Waals surface area contributed by atoms with E-state index in [4.69, 9.17) is 0 Å². The van der Waals surface area contributed by atoms with E-state index < -0.39 is 12.2 Å². The number of hydrogen-bond acceptors (Lipinski definition) is 4. The molecule has 2 aromatic rings. The Morgan fingerprint density at radius 2 is 2.03 bits per heavy atom. The molecule has 1 fully saturated rings. The van der Waals surface area contributed by atoms with Gasteiger partial charge in [-0.05, 0) is 64.5 Å². The van der Waals surface area contributed by atoms with Gasteiger partial charge in [0, 0.05) is 47.7 Å². The van der Waals surface area contributed by atoms with E-state index in [0.29, 0.717) is 23.2 Å². The van der Waals surface area contributed by atoms with Crippen LogP contribution in [-0.2, 0) is 5.54 Å². The second-order valence-corrected chi connectivity index (χ2v) is 9.28. The molecule has 2 heterocycles. The largest absolute Gasteiger partial charge is 0.396 e. The van der Waals surface area contributed by atoms with Crippen LogP contribution in [0.4, 0.5) is 10.1 Å². The van der Waals surface area contributed by atoms with Gasteiger partial charge in [0.05, 0.1) is 11.6 Å². The average molecular weight is 402 g/mol. The first-order chi connectivity index (χ1) is 13.6. The number of ketones is 1. The standard InChI is InChI=1S/C23H32FN3O2/c1-13-15(3)27(23(4,5)6)11-18(13)22(29)17-10-25-8-7-19(17)26-20-9-16(12-28)14(2)21(20)24/h7-8,10-11,14,16,20-21,28H,9,12H2,1-6H3,(H,25,26)/t14-,16-,20-,21+/m1/s1. The molecule has 1 aliphatic rings. The van der Waals surface area contributed by atoms with E-state index in [2.05, 4.69) is 35.6 Å². The van der Waals surface area contributed by atoms with Gasteiger partial charge in [-0.1, -0.05) is 6.92 Å². The van der Waals surface area contributed by atoms with Crippen LogP contribution in [0.3, 0.4) is 0 Å². The van der Waals surface area contributed by atoms with Gasteiger partial charge in [-0.25, -0.2) is 4.39 Å². The number of pyridine rings is 1. The van der Waals surface area contributed by atoms with Gasteiger partial charge in [0.25, 0.3) is 0 Å². The highest BCUT2D eigenvalue weighted by atomic mass is 19.1. The predicted molar refractivity (Wildman–Crippen MR) is 113 cm³/mol. The van der Waals surface area contributed by atoms with Gasteiger partial charge in [0.2, 0.25) is 0 Å². The minimum atomic E-state index is -1.07. The molecule has 5 nitrogen and oxygen atoms in total. The Kier molecular flexibility index (Phi) is 5.86. The third kappa shape index (κ3) is 3.95. The number of hydrogen-bond donors (Lipinski definition) is 2. The van der Waals surface area contributed by atoms with E-state index in [1.807, 2.05) is 27.0 Å². The van der Waals surface area contributed by atoms with Crippen molar-refractivity contribution in [1.82, 2.24) is 9.55 Å². The molecule has 1 aliphatic carbocycles. The zero-order valence-corrected chi connectivity index (χ0v) is 18.2. The maximum Gasteiger partial charge on any atom is 0.198 e. The van der Waals surface area contributed by atoms with Gasteiger partial charge < -0.3 is 15.0 Å². The lowest BCUT2D eigenvalue weighted by Crippen LogP contribution is -2.28. The highest BCUT2D eigenvalue weighted by Gasteiger charge is 2.41. The summed E-state index contributed by atoms with van der Waals surface area (Å²) in [6.45, 7) is 12.1. The van der Waals surface area contributed by atoms with Crippen molar-refractivity contribution in [3.8, 4) is 0 Å². The summed E-state index contributed by atoms with van der Waals surface area (Å²) in [5.41, 5.74) is 3.53. The van der Waals surface area contributed by atoms with Crippen LogP contribution in [0.25, 0.3) is 0 Å². The smallest absolute Gasteiger partial charge is 0.198 e. The van der Waals surface area contributed by atoms with E-state index in [-0.39, 0.29) is 29.8 Å². The number of aliphatic hydroxyl groups excluding tert-OH is 1. The van der Waals surface area contributed by atoms with E-state index in [9.17, 15) is 14.3 Å². The lowest BCUT2D eigenvalue weighted by Gasteiger charge is -2.23. The Labute approximate surface area is 172 Å². The lowest BCUT2D eigenvalue weighted by atomic mass is 9.99. The minimum absolute atomic E-state index is 0.0271. The SMILES string of the molecule is Cc1c(C(=O)c2cnccc2N[C@@H]2C[C@H](CO)[C@@H](C)[C@@H]2F)cn(C(C)(C)C)c1C. The van der Waals surface area contributed by atoms with Crippen LogP contribution in [0.5, 0.6) is 0 Å². The third-order valence-corrected chi connectivity index (χ3v) is 6.36. The zero-order chi connectivity index (χ0) is 21.5. The molecule has 0 aromatic carbocycles. The molecule has 6 heteroatoms. The third-order valence-electron chi connectivity index (χ3n) is 6.36. The fourth-order valence-corrected chi connectivity index (χ4v) is 4.35. The highest BCUT2D eigenvalue weighted by Crippen LogP contribution is 2.36. The monoisotopic (exact) mass is 401 g/mol. The van der Waals surface area contributed by atoms with Gasteiger partial charge in [-0.15, -0.1) is 0 Å². The van der Waals surface area contributed by atoms with E-state index >= 15 is 0 Å². The summed E-state index contributed by atoms with van der Waals surface area (Å²) in [5.74, 6) is -0.414. The summed E-state index contributed by atoms with van der Waals surface area (Å²) < 4.78 is 16.8. The quantitative estimate of drug-likeness (QED) is 0.735. The van der Waals surface area contributed by atoms with Crippen LogP contribution in [0.15, 0.2) is 24.7 Å². The van der Waals surface area contributed by atoms with Crippen molar-refractivity contribution >= 4 is 11.5 Å². The second kappa shape index (κ2) is 7.90. The average Bonchev–Trinajstić information content (AvgIpc) is 3.12. The maximum absolute atomic E-state index is 14.7. The highest BCUT2D eigenvalue weighted by molar-refractivity contribution is 6.13.